The van der Waals surface area contributed by atoms with Crippen molar-refractivity contribution in [2.45, 2.75) is 26.3 Å². The van der Waals surface area contributed by atoms with Gasteiger partial charge in [0, 0.05) is 11.7 Å². The topological polar surface area (TPSA) is 55.4 Å². The summed E-state index contributed by atoms with van der Waals surface area (Å²) in [6.45, 7) is 4.88. The summed E-state index contributed by atoms with van der Waals surface area (Å²) < 4.78 is 7.37. The van der Waals surface area contributed by atoms with E-state index in [0.717, 1.165) is 5.52 Å². The van der Waals surface area contributed by atoms with Gasteiger partial charge in [-0.3, -0.25) is 0 Å². The molecule has 0 aliphatic carbocycles. The van der Waals surface area contributed by atoms with E-state index in [2.05, 4.69) is 42.7 Å². The Hall–Kier alpha value is -2.49. The maximum atomic E-state index is 10.8. The van der Waals surface area contributed by atoms with Crippen molar-refractivity contribution in [2.75, 3.05) is 0 Å². The van der Waals surface area contributed by atoms with Gasteiger partial charge in [0.2, 0.25) is 5.76 Å². The average molecular weight is 283 g/mol. The lowest BCUT2D eigenvalue weighted by Crippen LogP contribution is -1.97. The Morgan fingerprint density at radius 1 is 1.24 bits per heavy atom. The number of aromatic carboxylic acids is 1. The third-order valence-corrected chi connectivity index (χ3v) is 3.66. The number of benzene rings is 1. The van der Waals surface area contributed by atoms with Crippen LogP contribution in [0.1, 0.15) is 41.6 Å². The van der Waals surface area contributed by atoms with Gasteiger partial charge in [-0.2, -0.15) is 0 Å². The largest absolute Gasteiger partial charge is 0.475 e. The molecule has 0 saturated heterocycles. The Morgan fingerprint density at radius 2 is 2.05 bits per heavy atom. The first kappa shape index (κ1) is 13.5. The summed E-state index contributed by atoms with van der Waals surface area (Å²) in [6.07, 6.45) is 2.00. The highest BCUT2D eigenvalue weighted by Crippen LogP contribution is 2.23. The summed E-state index contributed by atoms with van der Waals surface area (Å²) >= 11 is 0. The van der Waals surface area contributed by atoms with Gasteiger partial charge in [0.05, 0.1) is 6.54 Å². The molecule has 0 saturated carbocycles. The van der Waals surface area contributed by atoms with Crippen LogP contribution in [0.3, 0.4) is 0 Å². The second-order valence-corrected chi connectivity index (χ2v) is 5.49. The zero-order valence-corrected chi connectivity index (χ0v) is 12.0. The molecule has 4 heteroatoms. The molecule has 0 radical (unpaired) electrons. The van der Waals surface area contributed by atoms with Crippen LogP contribution in [0.5, 0.6) is 0 Å². The van der Waals surface area contributed by atoms with Gasteiger partial charge in [-0.05, 0) is 47.2 Å². The van der Waals surface area contributed by atoms with E-state index >= 15 is 0 Å². The van der Waals surface area contributed by atoms with Gasteiger partial charge in [-0.1, -0.05) is 19.9 Å². The quantitative estimate of drug-likeness (QED) is 0.784. The number of rotatable bonds is 4. The highest BCUT2D eigenvalue weighted by molar-refractivity contribution is 5.84. The Morgan fingerprint density at radius 3 is 2.71 bits per heavy atom. The van der Waals surface area contributed by atoms with Gasteiger partial charge >= 0.3 is 5.97 Å². The Bertz CT molecular complexity index is 795. The molecular weight excluding hydrogens is 266 g/mol. The van der Waals surface area contributed by atoms with Crippen LogP contribution in [0.15, 0.2) is 47.0 Å². The Kier molecular flexibility index (Phi) is 3.29. The summed E-state index contributed by atoms with van der Waals surface area (Å²) in [7, 11) is 0. The molecular formula is C17H17NO3. The normalized spacial score (nSPS) is 11.4. The van der Waals surface area contributed by atoms with Crippen LogP contribution in [0.2, 0.25) is 0 Å². The second kappa shape index (κ2) is 5.13. The van der Waals surface area contributed by atoms with Crippen molar-refractivity contribution in [1.29, 1.82) is 0 Å². The van der Waals surface area contributed by atoms with E-state index in [1.807, 2.05) is 6.20 Å². The lowest BCUT2D eigenvalue weighted by atomic mass is 10.0. The molecule has 1 aromatic carbocycles. The summed E-state index contributed by atoms with van der Waals surface area (Å²) in [5.41, 5.74) is 2.43. The lowest BCUT2D eigenvalue weighted by Gasteiger charge is -2.07. The van der Waals surface area contributed by atoms with Crippen molar-refractivity contribution < 1.29 is 14.3 Å². The van der Waals surface area contributed by atoms with Gasteiger partial charge in [0.25, 0.3) is 0 Å². The van der Waals surface area contributed by atoms with Crippen molar-refractivity contribution >= 4 is 16.9 Å². The lowest BCUT2D eigenvalue weighted by molar-refractivity contribution is 0.0660. The predicted octanol–water partition coefficient (Wildman–Crippen LogP) is 4.10. The molecule has 1 N–H and O–H groups in total. The van der Waals surface area contributed by atoms with E-state index in [-0.39, 0.29) is 5.76 Å². The maximum Gasteiger partial charge on any atom is 0.371 e. The van der Waals surface area contributed by atoms with E-state index in [1.165, 1.54) is 17.0 Å². The fourth-order valence-corrected chi connectivity index (χ4v) is 2.46. The first-order valence-electron chi connectivity index (χ1n) is 6.95. The number of fused-ring (bicyclic) bond motifs is 1. The van der Waals surface area contributed by atoms with Crippen LogP contribution in [0, 0.1) is 0 Å². The number of carboxylic acids is 1. The molecule has 0 aliphatic heterocycles. The molecule has 2 heterocycles. The smallest absolute Gasteiger partial charge is 0.371 e. The van der Waals surface area contributed by atoms with E-state index in [9.17, 15) is 4.79 Å². The van der Waals surface area contributed by atoms with Crippen LogP contribution in [-0.2, 0) is 6.54 Å². The number of furan rings is 1. The van der Waals surface area contributed by atoms with Gasteiger partial charge in [-0.25, -0.2) is 4.79 Å². The summed E-state index contributed by atoms with van der Waals surface area (Å²) in [4.78, 5) is 10.8. The van der Waals surface area contributed by atoms with Gasteiger partial charge in [0.1, 0.15) is 5.76 Å². The molecule has 0 unspecified atom stereocenters. The van der Waals surface area contributed by atoms with Crippen LogP contribution in [-0.4, -0.2) is 15.6 Å². The SMILES string of the molecule is CC(C)c1ccc2c(ccn2Cc2ccc(C(=O)O)o2)c1. The van der Waals surface area contributed by atoms with Crippen LogP contribution >= 0.6 is 0 Å². The highest BCUT2D eigenvalue weighted by Gasteiger charge is 2.10. The first-order chi connectivity index (χ1) is 10.0. The fraction of sp³-hybridized carbons (Fsp3) is 0.235. The van der Waals surface area contributed by atoms with Crippen molar-refractivity contribution in [3.05, 3.63) is 59.7 Å². The van der Waals surface area contributed by atoms with Crippen molar-refractivity contribution in [3.63, 3.8) is 0 Å². The van der Waals surface area contributed by atoms with Gasteiger partial charge in [0.15, 0.2) is 0 Å². The third kappa shape index (κ3) is 2.57. The molecule has 21 heavy (non-hydrogen) atoms. The molecule has 0 atom stereocenters. The molecule has 0 fully saturated rings. The van der Waals surface area contributed by atoms with Gasteiger partial charge < -0.3 is 14.1 Å². The maximum absolute atomic E-state index is 10.8. The molecule has 3 aromatic rings. The molecule has 3 rings (SSSR count). The minimum absolute atomic E-state index is 0.0245. The second-order valence-electron chi connectivity index (χ2n) is 5.49. The number of nitrogens with zero attached hydrogens (tertiary/aromatic N) is 1. The zero-order chi connectivity index (χ0) is 15.0. The minimum Gasteiger partial charge on any atom is -0.475 e. The number of carbonyl (C=O) groups is 1. The molecule has 2 aromatic heterocycles. The molecule has 4 nitrogen and oxygen atoms in total. The Balaban J connectivity index is 1.91. The van der Waals surface area contributed by atoms with E-state index in [0.29, 0.717) is 18.2 Å². The third-order valence-electron chi connectivity index (χ3n) is 3.66. The van der Waals surface area contributed by atoms with Crippen LogP contribution in [0.25, 0.3) is 10.9 Å². The summed E-state index contributed by atoms with van der Waals surface area (Å²) in [5, 5.41) is 10.1. The molecule has 108 valence electrons. The zero-order valence-electron chi connectivity index (χ0n) is 12.0. The van der Waals surface area contributed by atoms with Gasteiger partial charge in [-0.15, -0.1) is 0 Å². The van der Waals surface area contributed by atoms with Crippen molar-refractivity contribution in [3.8, 4) is 0 Å². The minimum atomic E-state index is -1.04. The summed E-state index contributed by atoms with van der Waals surface area (Å²) in [6, 6.07) is 11.7. The van der Waals surface area contributed by atoms with E-state index in [1.54, 1.807) is 6.07 Å². The van der Waals surface area contributed by atoms with E-state index in [4.69, 9.17) is 9.52 Å². The summed E-state index contributed by atoms with van der Waals surface area (Å²) in [5.74, 6) is 0.0718. The fourth-order valence-electron chi connectivity index (χ4n) is 2.46. The average Bonchev–Trinajstić information content (AvgIpc) is 3.06. The number of aromatic nitrogens is 1. The molecule has 0 bridgehead atoms. The van der Waals surface area contributed by atoms with E-state index < -0.39 is 5.97 Å². The number of carboxylic acid groups (broad SMARTS) is 1. The van der Waals surface area contributed by atoms with Crippen molar-refractivity contribution in [1.82, 2.24) is 4.57 Å². The molecule has 0 spiro atoms. The first-order valence-corrected chi connectivity index (χ1v) is 6.95. The van der Waals surface area contributed by atoms with Crippen LogP contribution < -0.4 is 0 Å². The standard InChI is InChI=1S/C17H17NO3/c1-11(2)12-3-5-15-13(9-12)7-8-18(15)10-14-4-6-16(21-14)17(19)20/h3-9,11H,10H2,1-2H3,(H,19,20). The molecule has 0 amide bonds. The molecule has 0 aliphatic rings. The monoisotopic (exact) mass is 283 g/mol. The van der Waals surface area contributed by atoms with Crippen LogP contribution in [0.4, 0.5) is 0 Å². The number of hydrogen-bond donors (Lipinski definition) is 1. The van der Waals surface area contributed by atoms with Crippen molar-refractivity contribution in [2.24, 2.45) is 0 Å². The predicted molar refractivity (Wildman–Crippen MR) is 80.8 cm³/mol. The number of hydrogen-bond acceptors (Lipinski definition) is 2. The Labute approximate surface area is 122 Å². The highest BCUT2D eigenvalue weighted by atomic mass is 16.4.